The largest absolute Gasteiger partial charge is 0.480 e. The molecule has 5 aromatic carbocycles. The first-order valence-electron chi connectivity index (χ1n) is 38.2. The number of amides is 15. The molecule has 0 bridgehead atoms. The number of nitrogens with one attached hydrogen (secondary N) is 13. The number of benzene rings is 5. The monoisotopic (exact) mass is 1640 g/mol. The molecule has 36 heteroatoms. The number of carbonyl (C=O) groups is 14. The van der Waals surface area contributed by atoms with Crippen molar-refractivity contribution in [3.8, 4) is 0 Å². The van der Waals surface area contributed by atoms with Crippen LogP contribution in [-0.4, -0.2) is 215 Å². The van der Waals surface area contributed by atoms with Gasteiger partial charge < -0.3 is 79.3 Å². The number of pyridine rings is 1. The standard InChI is InChI=1S/C81H104ClN17O18/c1-46(2)36-61(71(105)89-60(17-12-34-98(47(3)4)44-69(102)103)79(113)99-35-13-18-68(99)78(112)85-48(5)70(83)104)90-73(107)64(39-51-22-29-58(30-23-51)87-80(114)96-116-7)92-75(109)65(40-52-24-31-59(32-25-52)88-81(115)97-117-8)94-77(111)67(45-100)95-76(110)66(42-54-14-11-33-84-43-54)93-74(108)63(38-50-20-27-57(82)28-21-50)91-72(106)62(86-49(6)101)41-53-19-26-55-15-9-10-16-56(55)37-53/h9-11,14-16,19-33,37,43,46-48,60-68,100H,12-13,17-18,34-36,38-42,44-45H2,1-8H3,(H2,83,104)(H,85,112)(H,86,101)(H,89,105)(H,90,107)(H,91,106)(H,92,109)(H,93,108)(H,94,111)(H,95,110)(H,102,103)(H2,87,96,114)(H2,88,97,115)/t48-,60+,61+,62-,63-,64-,65+,66-,67+,68+/m1/s1. The summed E-state index contributed by atoms with van der Waals surface area (Å²) in [6, 6.07) is 18.3. The van der Waals surface area contributed by atoms with Crippen molar-refractivity contribution in [1.29, 1.82) is 0 Å². The van der Waals surface area contributed by atoms with Gasteiger partial charge in [0.2, 0.25) is 65.0 Å². The van der Waals surface area contributed by atoms with Crippen LogP contribution in [-0.2, 0) is 99.3 Å². The number of hydrogen-bond acceptors (Lipinski definition) is 19. The van der Waals surface area contributed by atoms with E-state index < -0.39 is 156 Å². The van der Waals surface area contributed by atoms with Crippen LogP contribution >= 0.6 is 11.6 Å². The number of urea groups is 2. The summed E-state index contributed by atoms with van der Waals surface area (Å²) in [4.78, 5) is 212. The third-order valence-electron chi connectivity index (χ3n) is 19.1. The Labute approximate surface area is 681 Å². The number of rotatable bonds is 43. The van der Waals surface area contributed by atoms with Gasteiger partial charge in [-0.2, -0.15) is 0 Å². The summed E-state index contributed by atoms with van der Waals surface area (Å²) in [6.45, 7) is 8.49. The maximum absolute atomic E-state index is 15.4. The Bertz CT molecular complexity index is 4430. The number of anilines is 2. The second kappa shape index (κ2) is 45.8. The number of carboxylic acid groups (broad SMARTS) is 1. The summed E-state index contributed by atoms with van der Waals surface area (Å²) in [5.41, 5.74) is 12.5. The second-order valence-electron chi connectivity index (χ2n) is 29.0. The van der Waals surface area contributed by atoms with E-state index in [0.717, 1.165) is 10.8 Å². The molecule has 1 aliphatic rings. The Balaban J connectivity index is 1.21. The lowest BCUT2D eigenvalue weighted by Crippen LogP contribution is -2.62. The maximum Gasteiger partial charge on any atom is 0.343 e. The number of halogens is 1. The molecule has 628 valence electrons. The SMILES string of the molecule is CONC(=O)Nc1ccc(C[C@H](NC(=O)[C@H](CO)NC(=O)[C@@H](Cc2cccnc2)NC(=O)[C@@H](Cc2ccc(Cl)cc2)NC(=O)[C@@H](Cc2ccc3ccccc3c2)NC(C)=O)C(=O)N[C@H](Cc2ccc(NC(=O)NOC)cc2)C(=O)N[C@@H](CC(C)C)C(=O)N[C@@H](CCCN(CC(=O)O)C(C)C)C(=O)N2CCC[C@H]2C(=O)N[C@H](C)C(N)=O)cc1. The molecule has 0 radical (unpaired) electrons. The van der Waals surface area contributed by atoms with Crippen LogP contribution in [0, 0.1) is 5.92 Å². The third kappa shape index (κ3) is 29.9. The predicted molar refractivity (Wildman–Crippen MR) is 432 cm³/mol. The molecular formula is C81H104ClN17O18. The molecule has 117 heavy (non-hydrogen) atoms. The normalized spacial score (nSPS) is 14.8. The number of hydrogen-bond donors (Lipinski definition) is 16. The molecule has 0 aliphatic carbocycles. The van der Waals surface area contributed by atoms with Gasteiger partial charge in [0.1, 0.15) is 60.4 Å². The average Bonchev–Trinajstić information content (AvgIpc) is 1.11. The van der Waals surface area contributed by atoms with E-state index in [9.17, 15) is 63.0 Å². The number of aliphatic hydroxyl groups excluding tert-OH is 1. The van der Waals surface area contributed by atoms with Gasteiger partial charge in [-0.15, -0.1) is 0 Å². The van der Waals surface area contributed by atoms with Gasteiger partial charge in [0.25, 0.3) is 0 Å². The zero-order valence-corrected chi connectivity index (χ0v) is 67.1. The van der Waals surface area contributed by atoms with Crippen molar-refractivity contribution >= 4 is 117 Å². The average molecular weight is 1640 g/mol. The molecule has 2 heterocycles. The van der Waals surface area contributed by atoms with Crippen LogP contribution < -0.4 is 75.2 Å². The van der Waals surface area contributed by atoms with Crippen molar-refractivity contribution in [3.63, 3.8) is 0 Å². The number of likely N-dealkylation sites (tertiary alicyclic amines) is 1. The fraction of sp³-hybridized carbons (Fsp3) is 0.420. The first-order valence-corrected chi connectivity index (χ1v) is 38.5. The Morgan fingerprint density at radius 2 is 0.983 bits per heavy atom. The minimum Gasteiger partial charge on any atom is -0.480 e. The molecule has 10 atom stereocenters. The summed E-state index contributed by atoms with van der Waals surface area (Å²) in [5.74, 6) is -10.9. The molecule has 15 amide bonds. The van der Waals surface area contributed by atoms with Crippen molar-refractivity contribution in [2.45, 2.75) is 172 Å². The smallest absolute Gasteiger partial charge is 0.343 e. The fourth-order valence-electron chi connectivity index (χ4n) is 13.1. The zero-order valence-electron chi connectivity index (χ0n) is 66.3. The summed E-state index contributed by atoms with van der Waals surface area (Å²) < 4.78 is 0. The molecule has 35 nitrogen and oxygen atoms in total. The topological polar surface area (TPSA) is 500 Å². The van der Waals surface area contributed by atoms with E-state index in [4.69, 9.17) is 27.0 Å². The fourth-order valence-corrected chi connectivity index (χ4v) is 13.2. The summed E-state index contributed by atoms with van der Waals surface area (Å²) >= 11 is 6.27. The predicted octanol–water partition coefficient (Wildman–Crippen LogP) is 2.26. The molecule has 7 rings (SSSR count). The highest BCUT2D eigenvalue weighted by molar-refractivity contribution is 6.30. The van der Waals surface area contributed by atoms with Gasteiger partial charge in [-0.25, -0.2) is 20.5 Å². The minimum atomic E-state index is -1.91. The lowest BCUT2D eigenvalue weighted by atomic mass is 9.99. The zero-order chi connectivity index (χ0) is 85.4. The van der Waals surface area contributed by atoms with Gasteiger partial charge in [0.05, 0.1) is 27.4 Å². The molecule has 0 saturated carbocycles. The number of nitrogens with two attached hydrogens (primary N) is 1. The number of primary amides is 1. The summed E-state index contributed by atoms with van der Waals surface area (Å²) in [5, 5.41) is 52.3. The van der Waals surface area contributed by atoms with E-state index in [2.05, 4.69) is 74.4 Å². The lowest BCUT2D eigenvalue weighted by Gasteiger charge is -2.31. The number of hydroxylamine groups is 2. The van der Waals surface area contributed by atoms with E-state index in [-0.39, 0.29) is 94.3 Å². The number of carboxylic acids is 1. The van der Waals surface area contributed by atoms with Crippen LogP contribution in [0.3, 0.4) is 0 Å². The highest BCUT2D eigenvalue weighted by atomic mass is 35.5. The highest BCUT2D eigenvalue weighted by Crippen LogP contribution is 2.23. The molecule has 1 aliphatic heterocycles. The molecule has 1 fully saturated rings. The van der Waals surface area contributed by atoms with E-state index in [1.807, 2.05) is 42.5 Å². The number of carbonyl (C=O) groups excluding carboxylic acids is 13. The van der Waals surface area contributed by atoms with E-state index in [0.29, 0.717) is 39.3 Å². The van der Waals surface area contributed by atoms with Crippen molar-refractivity contribution in [2.24, 2.45) is 11.7 Å². The van der Waals surface area contributed by atoms with Crippen LogP contribution in [0.25, 0.3) is 10.8 Å². The Morgan fingerprint density at radius 3 is 1.44 bits per heavy atom. The number of aliphatic hydroxyl groups is 1. The van der Waals surface area contributed by atoms with Crippen LogP contribution in [0.15, 0.2) is 140 Å². The second-order valence-corrected chi connectivity index (χ2v) is 29.5. The first kappa shape index (κ1) is 92.0. The molecule has 17 N–H and O–H groups in total. The number of fused-ring (bicyclic) bond motifs is 1. The first-order chi connectivity index (χ1) is 55.8. The third-order valence-corrected chi connectivity index (χ3v) is 19.3. The lowest BCUT2D eigenvalue weighted by molar-refractivity contribution is -0.142. The molecule has 0 spiro atoms. The molecule has 6 aromatic rings. The van der Waals surface area contributed by atoms with Crippen LogP contribution in [0.2, 0.25) is 5.02 Å². The number of aliphatic carboxylic acids is 1. The Hall–Kier alpha value is -12.2. The number of nitrogens with zero attached hydrogens (tertiary/aromatic N) is 3. The molecular weight excluding hydrogens is 1530 g/mol. The van der Waals surface area contributed by atoms with Crippen LogP contribution in [0.5, 0.6) is 0 Å². The van der Waals surface area contributed by atoms with Gasteiger partial charge in [0.15, 0.2) is 0 Å². The van der Waals surface area contributed by atoms with Crippen LogP contribution in [0.4, 0.5) is 21.0 Å². The van der Waals surface area contributed by atoms with Crippen molar-refractivity contribution in [3.05, 3.63) is 173 Å². The van der Waals surface area contributed by atoms with Crippen molar-refractivity contribution < 1.29 is 87.0 Å². The van der Waals surface area contributed by atoms with Gasteiger partial charge >= 0.3 is 18.0 Å². The van der Waals surface area contributed by atoms with Gasteiger partial charge in [-0.3, -0.25) is 77.1 Å². The molecule has 0 unspecified atom stereocenters. The molecule has 1 aromatic heterocycles. The van der Waals surface area contributed by atoms with Crippen molar-refractivity contribution in [2.75, 3.05) is 51.1 Å². The minimum absolute atomic E-state index is 0.00668. The quantitative estimate of drug-likeness (QED) is 0.0244. The van der Waals surface area contributed by atoms with Gasteiger partial charge in [-0.1, -0.05) is 110 Å². The van der Waals surface area contributed by atoms with Crippen molar-refractivity contribution in [1.82, 2.24) is 73.6 Å². The Kier molecular flexibility index (Phi) is 36.0. The molecule has 1 saturated heterocycles. The van der Waals surface area contributed by atoms with Gasteiger partial charge in [0, 0.05) is 80.4 Å². The number of aromatic nitrogens is 1. The maximum atomic E-state index is 15.4. The summed E-state index contributed by atoms with van der Waals surface area (Å²) in [6.07, 6.45) is 2.24. The van der Waals surface area contributed by atoms with E-state index in [1.165, 1.54) is 93.9 Å². The Morgan fingerprint density at radius 1 is 0.538 bits per heavy atom. The highest BCUT2D eigenvalue weighted by Gasteiger charge is 2.41. The van der Waals surface area contributed by atoms with E-state index in [1.54, 1.807) is 69.0 Å². The van der Waals surface area contributed by atoms with Crippen LogP contribution in [0.1, 0.15) is 101 Å². The van der Waals surface area contributed by atoms with E-state index >= 15 is 14.4 Å². The van der Waals surface area contributed by atoms with Gasteiger partial charge in [-0.05, 0) is 146 Å². The summed E-state index contributed by atoms with van der Waals surface area (Å²) in [7, 11) is 2.45.